The van der Waals surface area contributed by atoms with E-state index in [2.05, 4.69) is 10.7 Å². The van der Waals surface area contributed by atoms with Gasteiger partial charge in [-0.3, -0.25) is 4.79 Å². The van der Waals surface area contributed by atoms with Gasteiger partial charge in [-0.15, -0.1) is 0 Å². The third-order valence-electron chi connectivity index (χ3n) is 1.70. The van der Waals surface area contributed by atoms with Crippen molar-refractivity contribution in [1.82, 2.24) is 4.98 Å². The summed E-state index contributed by atoms with van der Waals surface area (Å²) in [7, 11) is 0. The SMILES string of the molecule is NC(=O)c1cc(C(F)(F)F)cc(C(F)(F)F)n1. The first-order valence-electron chi connectivity index (χ1n) is 3.98. The van der Waals surface area contributed by atoms with E-state index in [9.17, 15) is 31.1 Å². The molecule has 1 aromatic heterocycles. The monoisotopic (exact) mass is 258 g/mol. The summed E-state index contributed by atoms with van der Waals surface area (Å²) in [6.07, 6.45) is -10.1. The predicted molar refractivity (Wildman–Crippen MR) is 42.8 cm³/mol. The molecule has 0 aliphatic heterocycles. The molecule has 0 aromatic carbocycles. The molecule has 0 saturated heterocycles. The molecule has 0 unspecified atom stereocenters. The van der Waals surface area contributed by atoms with Crippen LogP contribution in [-0.2, 0) is 12.4 Å². The number of nitrogens with two attached hydrogens (primary N) is 1. The number of carbonyl (C=O) groups is 1. The van der Waals surface area contributed by atoms with Crippen molar-refractivity contribution in [2.45, 2.75) is 12.4 Å². The van der Waals surface area contributed by atoms with E-state index in [0.717, 1.165) is 0 Å². The van der Waals surface area contributed by atoms with E-state index in [1.54, 1.807) is 0 Å². The zero-order chi connectivity index (χ0) is 13.4. The van der Waals surface area contributed by atoms with Crippen LogP contribution in [0.25, 0.3) is 0 Å². The minimum absolute atomic E-state index is 0.164. The highest BCUT2D eigenvalue weighted by atomic mass is 19.4. The number of amides is 1. The zero-order valence-electron chi connectivity index (χ0n) is 7.86. The van der Waals surface area contributed by atoms with Crippen LogP contribution < -0.4 is 5.73 Å². The van der Waals surface area contributed by atoms with Gasteiger partial charge in [0.1, 0.15) is 11.4 Å². The van der Waals surface area contributed by atoms with Crippen LogP contribution >= 0.6 is 0 Å². The number of rotatable bonds is 1. The fraction of sp³-hybridized carbons (Fsp3) is 0.250. The number of hydrogen-bond acceptors (Lipinski definition) is 2. The number of alkyl halides is 6. The topological polar surface area (TPSA) is 56.0 Å². The lowest BCUT2D eigenvalue weighted by atomic mass is 10.1. The smallest absolute Gasteiger partial charge is 0.364 e. The number of hydrogen-bond donors (Lipinski definition) is 1. The highest BCUT2D eigenvalue weighted by molar-refractivity contribution is 5.91. The van der Waals surface area contributed by atoms with Gasteiger partial charge in [-0.25, -0.2) is 4.98 Å². The van der Waals surface area contributed by atoms with Gasteiger partial charge in [-0.05, 0) is 12.1 Å². The Kier molecular flexibility index (Phi) is 3.04. The largest absolute Gasteiger partial charge is 0.433 e. The van der Waals surface area contributed by atoms with Crippen molar-refractivity contribution >= 4 is 5.91 Å². The second kappa shape index (κ2) is 3.90. The first-order valence-corrected chi connectivity index (χ1v) is 3.98. The minimum atomic E-state index is -5.09. The Morgan fingerprint density at radius 2 is 1.59 bits per heavy atom. The molecule has 1 rings (SSSR count). The van der Waals surface area contributed by atoms with Crippen molar-refractivity contribution in [3.63, 3.8) is 0 Å². The van der Waals surface area contributed by atoms with E-state index in [-0.39, 0.29) is 12.1 Å². The fourth-order valence-corrected chi connectivity index (χ4v) is 0.966. The molecule has 0 fully saturated rings. The van der Waals surface area contributed by atoms with Gasteiger partial charge < -0.3 is 5.73 Å². The van der Waals surface area contributed by atoms with E-state index < -0.39 is 35.2 Å². The van der Waals surface area contributed by atoms with E-state index in [1.807, 2.05) is 0 Å². The molecule has 0 atom stereocenters. The van der Waals surface area contributed by atoms with E-state index >= 15 is 0 Å². The maximum Gasteiger partial charge on any atom is 0.433 e. The summed E-state index contributed by atoms with van der Waals surface area (Å²) < 4.78 is 73.4. The van der Waals surface area contributed by atoms with Crippen LogP contribution in [-0.4, -0.2) is 10.9 Å². The first kappa shape index (κ1) is 13.3. The molecule has 0 aliphatic rings. The highest BCUT2D eigenvalue weighted by Gasteiger charge is 2.38. The van der Waals surface area contributed by atoms with E-state index in [4.69, 9.17) is 0 Å². The summed E-state index contributed by atoms with van der Waals surface area (Å²) in [4.78, 5) is 13.3. The van der Waals surface area contributed by atoms with Crippen molar-refractivity contribution in [1.29, 1.82) is 0 Å². The zero-order valence-corrected chi connectivity index (χ0v) is 7.86. The fourth-order valence-electron chi connectivity index (χ4n) is 0.966. The van der Waals surface area contributed by atoms with Gasteiger partial charge >= 0.3 is 12.4 Å². The summed E-state index contributed by atoms with van der Waals surface area (Å²) in [5.41, 5.74) is 0.0621. The normalized spacial score (nSPS) is 12.6. The molecular weight excluding hydrogens is 254 g/mol. The standard InChI is InChI=1S/C8H4F6N2O/c9-7(10,11)3-1-4(6(15)17)16-5(2-3)8(12,13)14/h1-2H,(H2,15,17). The molecule has 1 heterocycles. The van der Waals surface area contributed by atoms with E-state index in [1.165, 1.54) is 0 Å². The first-order chi connectivity index (χ1) is 7.51. The molecule has 9 heteroatoms. The molecule has 0 aliphatic carbocycles. The molecular formula is C8H4F6N2O. The van der Waals surface area contributed by atoms with Gasteiger partial charge in [0.15, 0.2) is 0 Å². The Bertz CT molecular complexity index is 418. The summed E-state index contributed by atoms with van der Waals surface area (Å²) in [5, 5.41) is 0. The lowest BCUT2D eigenvalue weighted by molar-refractivity contribution is -0.145. The molecule has 3 nitrogen and oxygen atoms in total. The molecule has 0 bridgehead atoms. The van der Waals surface area contributed by atoms with Crippen molar-refractivity contribution in [2.75, 3.05) is 0 Å². The highest BCUT2D eigenvalue weighted by Crippen LogP contribution is 2.34. The maximum atomic E-state index is 12.3. The summed E-state index contributed by atoms with van der Waals surface area (Å²) >= 11 is 0. The Labute approximate surface area is 90.2 Å². The average Bonchev–Trinajstić information content (AvgIpc) is 2.14. The van der Waals surface area contributed by atoms with E-state index in [0.29, 0.717) is 0 Å². The van der Waals surface area contributed by atoms with Crippen molar-refractivity contribution in [3.8, 4) is 0 Å². The van der Waals surface area contributed by atoms with Crippen LogP contribution in [0, 0.1) is 0 Å². The molecule has 0 spiro atoms. The third kappa shape index (κ3) is 3.08. The van der Waals surface area contributed by atoms with Gasteiger partial charge in [0.2, 0.25) is 0 Å². The molecule has 2 N–H and O–H groups in total. The van der Waals surface area contributed by atoms with Gasteiger partial charge in [0.25, 0.3) is 5.91 Å². The number of nitrogens with zero attached hydrogens (tertiary/aromatic N) is 1. The van der Waals surface area contributed by atoms with Crippen LogP contribution in [0.3, 0.4) is 0 Å². The number of primary amides is 1. The summed E-state index contributed by atoms with van der Waals surface area (Å²) in [5.74, 6) is -1.47. The number of aromatic nitrogens is 1. The Balaban J connectivity index is 3.45. The minimum Gasteiger partial charge on any atom is -0.364 e. The molecule has 1 amide bonds. The lowest BCUT2D eigenvalue weighted by Gasteiger charge is -2.11. The second-order valence-corrected chi connectivity index (χ2v) is 2.99. The Morgan fingerprint density at radius 1 is 1.06 bits per heavy atom. The number of carbonyl (C=O) groups excluding carboxylic acids is 1. The summed E-state index contributed by atoms with van der Waals surface area (Å²) in [6.45, 7) is 0. The lowest BCUT2D eigenvalue weighted by Crippen LogP contribution is -2.20. The second-order valence-electron chi connectivity index (χ2n) is 2.99. The van der Waals surface area contributed by atoms with Crippen LogP contribution in [0.4, 0.5) is 26.3 Å². The Hall–Kier alpha value is -1.80. The number of pyridine rings is 1. The van der Waals surface area contributed by atoms with Crippen LogP contribution in [0.15, 0.2) is 12.1 Å². The predicted octanol–water partition coefficient (Wildman–Crippen LogP) is 2.22. The molecule has 0 saturated carbocycles. The average molecular weight is 258 g/mol. The molecule has 1 aromatic rings. The molecule has 17 heavy (non-hydrogen) atoms. The van der Waals surface area contributed by atoms with Crippen molar-refractivity contribution in [3.05, 3.63) is 29.1 Å². The maximum absolute atomic E-state index is 12.3. The summed E-state index contributed by atoms with van der Waals surface area (Å²) in [6, 6.07) is -0.0238. The van der Waals surface area contributed by atoms with Crippen LogP contribution in [0.5, 0.6) is 0 Å². The van der Waals surface area contributed by atoms with Crippen molar-refractivity contribution < 1.29 is 31.1 Å². The molecule has 0 radical (unpaired) electrons. The third-order valence-corrected chi connectivity index (χ3v) is 1.70. The van der Waals surface area contributed by atoms with Gasteiger partial charge in [0, 0.05) is 0 Å². The van der Waals surface area contributed by atoms with Gasteiger partial charge in [0.05, 0.1) is 5.56 Å². The Morgan fingerprint density at radius 3 is 1.94 bits per heavy atom. The number of halogens is 6. The van der Waals surface area contributed by atoms with Gasteiger partial charge in [-0.2, -0.15) is 26.3 Å². The van der Waals surface area contributed by atoms with Gasteiger partial charge in [-0.1, -0.05) is 0 Å². The molecule has 94 valence electrons. The quantitative estimate of drug-likeness (QED) is 0.785. The van der Waals surface area contributed by atoms with Crippen molar-refractivity contribution in [2.24, 2.45) is 5.73 Å². The van der Waals surface area contributed by atoms with Crippen LogP contribution in [0.2, 0.25) is 0 Å². The van der Waals surface area contributed by atoms with Crippen LogP contribution in [0.1, 0.15) is 21.7 Å².